The van der Waals surface area contributed by atoms with E-state index >= 15 is 0 Å². The number of fused-ring (bicyclic) bond motifs is 5. The lowest BCUT2D eigenvalue weighted by Crippen LogP contribution is -2.44. The molecular formula is C23H20N2O6. The van der Waals surface area contributed by atoms with Gasteiger partial charge in [0.15, 0.2) is 17.1 Å². The highest BCUT2D eigenvalue weighted by molar-refractivity contribution is 5.95. The van der Waals surface area contributed by atoms with Gasteiger partial charge in [-0.15, -0.1) is 0 Å². The van der Waals surface area contributed by atoms with Crippen molar-refractivity contribution >= 4 is 16.9 Å². The molecule has 6 rings (SSSR count). The number of ether oxygens (including phenoxy) is 3. The molecule has 0 bridgehead atoms. The van der Waals surface area contributed by atoms with Crippen molar-refractivity contribution in [2.45, 2.75) is 38.5 Å². The van der Waals surface area contributed by atoms with Crippen LogP contribution in [0.5, 0.6) is 11.5 Å². The summed E-state index contributed by atoms with van der Waals surface area (Å²) in [7, 11) is 1.61. The Hall–Kier alpha value is -3.39. The zero-order valence-corrected chi connectivity index (χ0v) is 17.2. The van der Waals surface area contributed by atoms with E-state index < -0.39 is 11.6 Å². The molecule has 0 aliphatic carbocycles. The van der Waals surface area contributed by atoms with E-state index in [9.17, 15) is 14.7 Å². The number of aromatic nitrogens is 2. The molecule has 31 heavy (non-hydrogen) atoms. The Kier molecular flexibility index (Phi) is 3.60. The maximum atomic E-state index is 13.3. The standard InChI is InChI=1S/C23H20N2O6/c1-3-23(28)14-8-16-19-12(9-25(16)21(26)13(14)10-31-22(23)27)11-6-7-30-20-17(29-2)5-4-15(24-19)18(11)20/h4-5,8,28H,3,6-7,9-10H2,1-2H3. The average molecular weight is 420 g/mol. The van der Waals surface area contributed by atoms with Crippen molar-refractivity contribution in [2.24, 2.45) is 0 Å². The second-order valence-corrected chi connectivity index (χ2v) is 8.11. The molecule has 3 aliphatic heterocycles. The number of nitrogens with zero attached hydrogens (tertiary/aromatic N) is 2. The number of esters is 1. The first-order valence-corrected chi connectivity index (χ1v) is 10.3. The number of hydrogen-bond donors (Lipinski definition) is 1. The van der Waals surface area contributed by atoms with Crippen LogP contribution < -0.4 is 15.0 Å². The van der Waals surface area contributed by atoms with Gasteiger partial charge < -0.3 is 23.9 Å². The monoisotopic (exact) mass is 420 g/mol. The van der Waals surface area contributed by atoms with Gasteiger partial charge in [-0.25, -0.2) is 9.78 Å². The van der Waals surface area contributed by atoms with Gasteiger partial charge in [-0.05, 0) is 30.2 Å². The molecule has 3 aromatic rings. The van der Waals surface area contributed by atoms with Gasteiger partial charge in [-0.2, -0.15) is 0 Å². The lowest BCUT2D eigenvalue weighted by atomic mass is 9.86. The van der Waals surface area contributed by atoms with Crippen molar-refractivity contribution in [3.8, 4) is 22.9 Å². The van der Waals surface area contributed by atoms with Gasteiger partial charge in [0.2, 0.25) is 0 Å². The van der Waals surface area contributed by atoms with Gasteiger partial charge in [0.05, 0.1) is 42.7 Å². The first-order valence-electron chi connectivity index (χ1n) is 10.3. The molecule has 1 unspecified atom stereocenters. The molecular weight excluding hydrogens is 400 g/mol. The lowest BCUT2D eigenvalue weighted by Gasteiger charge is -2.31. The van der Waals surface area contributed by atoms with Crippen molar-refractivity contribution in [2.75, 3.05) is 13.7 Å². The summed E-state index contributed by atoms with van der Waals surface area (Å²) < 4.78 is 18.2. The first kappa shape index (κ1) is 18.4. The summed E-state index contributed by atoms with van der Waals surface area (Å²) in [4.78, 5) is 30.5. The number of pyridine rings is 2. The largest absolute Gasteiger partial charge is 0.493 e. The molecule has 0 amide bonds. The third kappa shape index (κ3) is 2.20. The highest BCUT2D eigenvalue weighted by Crippen LogP contribution is 2.45. The number of aliphatic hydroxyl groups is 1. The van der Waals surface area contributed by atoms with Gasteiger partial charge in [-0.1, -0.05) is 6.92 Å². The molecule has 0 fully saturated rings. The van der Waals surface area contributed by atoms with E-state index in [0.717, 1.165) is 22.0 Å². The topological polar surface area (TPSA) is 99.9 Å². The van der Waals surface area contributed by atoms with Gasteiger partial charge >= 0.3 is 5.97 Å². The summed E-state index contributed by atoms with van der Waals surface area (Å²) in [6, 6.07) is 5.45. The zero-order valence-electron chi connectivity index (χ0n) is 17.2. The molecule has 0 saturated heterocycles. The predicted octanol–water partition coefficient (Wildman–Crippen LogP) is 2.02. The number of methoxy groups -OCH3 is 1. The minimum atomic E-state index is -1.83. The molecule has 158 valence electrons. The Labute approximate surface area is 177 Å². The minimum Gasteiger partial charge on any atom is -0.493 e. The summed E-state index contributed by atoms with van der Waals surface area (Å²) in [6.45, 7) is 2.45. The molecule has 0 radical (unpaired) electrons. The van der Waals surface area contributed by atoms with Gasteiger partial charge in [0, 0.05) is 22.9 Å². The van der Waals surface area contributed by atoms with Crippen LogP contribution in [0, 0.1) is 0 Å². The van der Waals surface area contributed by atoms with E-state index in [1.165, 1.54) is 0 Å². The average Bonchev–Trinajstić information content (AvgIpc) is 3.16. The Bertz CT molecular complexity index is 1380. The second-order valence-electron chi connectivity index (χ2n) is 8.11. The molecule has 8 heteroatoms. The van der Waals surface area contributed by atoms with Crippen LogP contribution in [-0.4, -0.2) is 34.3 Å². The molecule has 2 aromatic heterocycles. The fourth-order valence-corrected chi connectivity index (χ4v) is 5.05. The van der Waals surface area contributed by atoms with Crippen LogP contribution in [0.25, 0.3) is 22.3 Å². The van der Waals surface area contributed by atoms with Crippen LogP contribution in [-0.2, 0) is 34.7 Å². The van der Waals surface area contributed by atoms with Crippen molar-refractivity contribution in [1.29, 1.82) is 0 Å². The summed E-state index contributed by atoms with van der Waals surface area (Å²) in [5, 5.41) is 11.9. The molecule has 1 atom stereocenters. The summed E-state index contributed by atoms with van der Waals surface area (Å²) in [5.74, 6) is 0.612. The highest BCUT2D eigenvalue weighted by Gasteiger charge is 2.45. The number of carbonyl (C=O) groups excluding carboxylic acids is 1. The van der Waals surface area contributed by atoms with Crippen LogP contribution in [0.4, 0.5) is 0 Å². The number of carbonyl (C=O) groups is 1. The zero-order chi connectivity index (χ0) is 21.5. The Morgan fingerprint density at radius 3 is 2.84 bits per heavy atom. The van der Waals surface area contributed by atoms with Crippen LogP contribution >= 0.6 is 0 Å². The fraction of sp³-hybridized carbons (Fsp3) is 0.348. The van der Waals surface area contributed by atoms with Crippen molar-refractivity contribution in [3.05, 3.63) is 50.8 Å². The first-order chi connectivity index (χ1) is 15.0. The van der Waals surface area contributed by atoms with Gasteiger partial charge in [-0.3, -0.25) is 4.79 Å². The van der Waals surface area contributed by atoms with Gasteiger partial charge in [0.1, 0.15) is 6.61 Å². The van der Waals surface area contributed by atoms with Crippen LogP contribution in [0.15, 0.2) is 23.0 Å². The maximum Gasteiger partial charge on any atom is 0.343 e. The van der Waals surface area contributed by atoms with E-state index in [2.05, 4.69) is 0 Å². The molecule has 1 N–H and O–H groups in total. The molecule has 5 heterocycles. The van der Waals surface area contributed by atoms with E-state index in [-0.39, 0.29) is 18.6 Å². The third-order valence-electron chi connectivity index (χ3n) is 6.70. The number of rotatable bonds is 2. The Balaban J connectivity index is 1.66. The van der Waals surface area contributed by atoms with E-state index in [0.29, 0.717) is 53.6 Å². The second kappa shape index (κ2) is 6.07. The Morgan fingerprint density at radius 2 is 2.06 bits per heavy atom. The number of benzene rings is 1. The third-order valence-corrected chi connectivity index (χ3v) is 6.70. The maximum absolute atomic E-state index is 13.3. The highest BCUT2D eigenvalue weighted by atomic mass is 16.6. The van der Waals surface area contributed by atoms with Crippen LogP contribution in [0.3, 0.4) is 0 Å². The minimum absolute atomic E-state index is 0.117. The summed E-state index contributed by atoms with van der Waals surface area (Å²) in [6.07, 6.45) is 0.815. The number of cyclic esters (lactones) is 1. The van der Waals surface area contributed by atoms with E-state index in [4.69, 9.17) is 19.2 Å². The quantitative estimate of drug-likeness (QED) is 0.495. The van der Waals surface area contributed by atoms with Gasteiger partial charge in [0.25, 0.3) is 5.56 Å². The number of hydrogen-bond acceptors (Lipinski definition) is 7. The molecule has 8 nitrogen and oxygen atoms in total. The smallest absolute Gasteiger partial charge is 0.343 e. The van der Waals surface area contributed by atoms with Crippen molar-refractivity contribution in [3.63, 3.8) is 0 Å². The van der Waals surface area contributed by atoms with Crippen molar-refractivity contribution in [1.82, 2.24) is 9.55 Å². The fourth-order valence-electron chi connectivity index (χ4n) is 5.05. The Morgan fingerprint density at radius 1 is 1.23 bits per heavy atom. The van der Waals surface area contributed by atoms with Crippen LogP contribution in [0.1, 0.15) is 35.6 Å². The predicted molar refractivity (Wildman–Crippen MR) is 110 cm³/mol. The van der Waals surface area contributed by atoms with Crippen LogP contribution in [0.2, 0.25) is 0 Å². The summed E-state index contributed by atoms with van der Waals surface area (Å²) >= 11 is 0. The van der Waals surface area contributed by atoms with Crippen molar-refractivity contribution < 1.29 is 24.1 Å². The molecule has 0 saturated carbocycles. The lowest BCUT2D eigenvalue weighted by molar-refractivity contribution is -0.172. The van der Waals surface area contributed by atoms with E-state index in [1.807, 2.05) is 12.1 Å². The molecule has 3 aliphatic rings. The van der Waals surface area contributed by atoms with E-state index in [1.54, 1.807) is 24.7 Å². The molecule has 0 spiro atoms. The normalized spacial score (nSPS) is 20.5. The summed E-state index contributed by atoms with van der Waals surface area (Å²) in [5.41, 5.74) is 2.70. The SMILES string of the molecule is CCC1(O)C(=O)OCc2c1cc1n(c2=O)Cc2c-1nc1ccc(OC)c3c1c2CCO3. The molecule has 1 aromatic carbocycles.